The Labute approximate surface area is 255 Å². The molecule has 1 atom stereocenters. The van der Waals surface area contributed by atoms with Crippen LogP contribution >= 0.6 is 0 Å². The number of benzene rings is 1. The highest BCUT2D eigenvalue weighted by Crippen LogP contribution is 2.45. The molecule has 0 bridgehead atoms. The normalized spacial score (nSPS) is 17.4. The highest BCUT2D eigenvalue weighted by Gasteiger charge is 2.36. The lowest BCUT2D eigenvalue weighted by atomic mass is 9.81. The van der Waals surface area contributed by atoms with Gasteiger partial charge in [-0.25, -0.2) is 9.78 Å². The predicted octanol–water partition coefficient (Wildman–Crippen LogP) is 6.29. The molecule has 1 aromatic carbocycles. The van der Waals surface area contributed by atoms with E-state index in [1.807, 2.05) is 40.7 Å². The number of carboxylic acids is 1. The molecule has 9 heteroatoms. The molecule has 4 heterocycles. The molecule has 9 nitrogen and oxygen atoms in total. The molecule has 0 spiro atoms. The van der Waals surface area contributed by atoms with Crippen LogP contribution < -0.4 is 14.5 Å². The van der Waals surface area contributed by atoms with E-state index in [2.05, 4.69) is 51.8 Å². The summed E-state index contributed by atoms with van der Waals surface area (Å²) in [6.07, 6.45) is 3.50. The summed E-state index contributed by atoms with van der Waals surface area (Å²) >= 11 is 0. The molecule has 2 aromatic heterocycles. The summed E-state index contributed by atoms with van der Waals surface area (Å²) in [6, 6.07) is 8.89. The number of carboxylic acid groups (broad SMARTS) is 1. The van der Waals surface area contributed by atoms with Crippen LogP contribution in [0.15, 0.2) is 30.5 Å². The van der Waals surface area contributed by atoms with E-state index in [4.69, 9.17) is 14.5 Å². The SMILES string of the molecule is COc1nccc(N2CCc3cc(-c4c(C)nc(C)c(C(OC(C)(C)C)C(=O)O)c4N4CCC(C)(C)CC4)ccc3C2)n1. The maximum absolute atomic E-state index is 12.8. The minimum atomic E-state index is -1.13. The van der Waals surface area contributed by atoms with Crippen molar-refractivity contribution in [3.8, 4) is 17.1 Å². The number of hydrogen-bond acceptors (Lipinski definition) is 8. The van der Waals surface area contributed by atoms with Crippen LogP contribution in [-0.2, 0) is 22.5 Å². The molecule has 2 aliphatic heterocycles. The lowest BCUT2D eigenvalue weighted by Crippen LogP contribution is -2.39. The smallest absolute Gasteiger partial charge is 0.337 e. The van der Waals surface area contributed by atoms with Gasteiger partial charge in [0.05, 0.1) is 18.4 Å². The van der Waals surface area contributed by atoms with Gasteiger partial charge in [0, 0.05) is 54.9 Å². The highest BCUT2D eigenvalue weighted by atomic mass is 16.5. The molecule has 3 aromatic rings. The monoisotopic (exact) mass is 587 g/mol. The zero-order valence-corrected chi connectivity index (χ0v) is 26.8. The molecule has 1 N–H and O–H groups in total. The molecular formula is C34H45N5O4. The number of aliphatic carboxylic acids is 1. The number of nitrogens with zero attached hydrogens (tertiary/aromatic N) is 5. The second kappa shape index (κ2) is 11.8. The van der Waals surface area contributed by atoms with Crippen LogP contribution in [-0.4, -0.2) is 58.4 Å². The molecule has 230 valence electrons. The van der Waals surface area contributed by atoms with E-state index in [0.717, 1.165) is 73.8 Å². The van der Waals surface area contributed by atoms with Crippen LogP contribution in [0, 0.1) is 19.3 Å². The third kappa shape index (κ3) is 6.61. The molecule has 1 saturated heterocycles. The summed E-state index contributed by atoms with van der Waals surface area (Å²) in [7, 11) is 1.58. The minimum Gasteiger partial charge on any atom is -0.479 e. The van der Waals surface area contributed by atoms with E-state index >= 15 is 0 Å². The maximum Gasteiger partial charge on any atom is 0.337 e. The van der Waals surface area contributed by atoms with Gasteiger partial charge < -0.3 is 24.4 Å². The van der Waals surface area contributed by atoms with Gasteiger partial charge in [0.1, 0.15) is 5.82 Å². The zero-order valence-electron chi connectivity index (χ0n) is 26.8. The summed E-state index contributed by atoms with van der Waals surface area (Å²) in [4.78, 5) is 31.0. The fourth-order valence-corrected chi connectivity index (χ4v) is 6.27. The zero-order chi connectivity index (χ0) is 31.1. The van der Waals surface area contributed by atoms with E-state index in [9.17, 15) is 9.90 Å². The van der Waals surface area contributed by atoms with Crippen LogP contribution in [0.2, 0.25) is 0 Å². The summed E-state index contributed by atoms with van der Waals surface area (Å²) in [5.74, 6) is -0.154. The molecule has 0 radical (unpaired) electrons. The van der Waals surface area contributed by atoms with Gasteiger partial charge >= 0.3 is 12.0 Å². The summed E-state index contributed by atoms with van der Waals surface area (Å²) in [6.45, 7) is 17.5. The fraction of sp³-hybridized carbons (Fsp3) is 0.529. The van der Waals surface area contributed by atoms with Crippen LogP contribution in [0.5, 0.6) is 6.01 Å². The predicted molar refractivity (Wildman–Crippen MR) is 169 cm³/mol. The first-order chi connectivity index (χ1) is 20.3. The minimum absolute atomic E-state index is 0.243. The Kier molecular flexibility index (Phi) is 8.40. The average molecular weight is 588 g/mol. The van der Waals surface area contributed by atoms with E-state index < -0.39 is 17.7 Å². The number of anilines is 2. The van der Waals surface area contributed by atoms with E-state index in [0.29, 0.717) is 17.3 Å². The van der Waals surface area contributed by atoms with Crippen molar-refractivity contribution in [2.45, 2.75) is 86.0 Å². The van der Waals surface area contributed by atoms with Gasteiger partial charge in [0.25, 0.3) is 0 Å². The van der Waals surface area contributed by atoms with Crippen molar-refractivity contribution in [1.82, 2.24) is 15.0 Å². The highest BCUT2D eigenvalue weighted by molar-refractivity contribution is 5.88. The van der Waals surface area contributed by atoms with Crippen molar-refractivity contribution in [3.63, 3.8) is 0 Å². The topological polar surface area (TPSA) is 101 Å². The molecular weight excluding hydrogens is 542 g/mol. The number of rotatable bonds is 7. The number of aryl methyl sites for hydroxylation is 2. The van der Waals surface area contributed by atoms with Crippen molar-refractivity contribution < 1.29 is 19.4 Å². The standard InChI is InChI=1S/C34H45N5O4/c1-21-27(24-9-10-25-20-39(16-12-23(25)19-24)26-11-15-35-32(37-26)42-8)29(38-17-13-34(6,7)14-18-38)28(22(2)36-21)30(31(40)41)43-33(3,4)5/h9-11,15,19,30H,12-14,16-18,20H2,1-8H3,(H,40,41). The number of aromatic nitrogens is 3. The summed E-state index contributed by atoms with van der Waals surface area (Å²) in [5, 5.41) is 10.5. The Morgan fingerprint density at radius 3 is 2.37 bits per heavy atom. The number of ether oxygens (including phenoxy) is 2. The Bertz CT molecular complexity index is 1500. The van der Waals surface area contributed by atoms with Crippen molar-refractivity contribution in [1.29, 1.82) is 0 Å². The van der Waals surface area contributed by atoms with Crippen LogP contribution in [0.25, 0.3) is 11.1 Å². The molecule has 0 amide bonds. The van der Waals surface area contributed by atoms with Crippen molar-refractivity contribution in [2.24, 2.45) is 5.41 Å². The second-order valence-electron chi connectivity index (χ2n) is 13.6. The average Bonchev–Trinajstić information content (AvgIpc) is 2.95. The largest absolute Gasteiger partial charge is 0.479 e. The fourth-order valence-electron chi connectivity index (χ4n) is 6.27. The molecule has 1 unspecified atom stereocenters. The lowest BCUT2D eigenvalue weighted by molar-refractivity contribution is -0.160. The number of carbonyl (C=O) groups is 1. The third-order valence-electron chi connectivity index (χ3n) is 8.60. The van der Waals surface area contributed by atoms with E-state index in [1.165, 1.54) is 11.1 Å². The van der Waals surface area contributed by atoms with Gasteiger partial charge in [0.2, 0.25) is 0 Å². The van der Waals surface area contributed by atoms with Gasteiger partial charge in [-0.1, -0.05) is 32.0 Å². The molecule has 5 rings (SSSR count). The lowest BCUT2D eigenvalue weighted by Gasteiger charge is -2.41. The van der Waals surface area contributed by atoms with Crippen molar-refractivity contribution in [2.75, 3.05) is 36.5 Å². The Balaban J connectivity index is 1.60. The Hall–Kier alpha value is -3.72. The first-order valence-electron chi connectivity index (χ1n) is 15.2. The van der Waals surface area contributed by atoms with Crippen molar-refractivity contribution >= 4 is 17.5 Å². The molecule has 2 aliphatic rings. The van der Waals surface area contributed by atoms with Crippen LogP contribution in [0.3, 0.4) is 0 Å². The number of piperidine rings is 1. The first-order valence-corrected chi connectivity index (χ1v) is 15.2. The van der Waals surface area contributed by atoms with Gasteiger partial charge in [-0.2, -0.15) is 4.98 Å². The number of pyridine rings is 1. The number of hydrogen-bond donors (Lipinski definition) is 1. The van der Waals surface area contributed by atoms with E-state index in [1.54, 1.807) is 13.3 Å². The third-order valence-corrected chi connectivity index (χ3v) is 8.60. The molecule has 1 fully saturated rings. The Morgan fingerprint density at radius 1 is 1.00 bits per heavy atom. The number of methoxy groups -OCH3 is 1. The van der Waals surface area contributed by atoms with Gasteiger partial charge in [-0.15, -0.1) is 0 Å². The quantitative estimate of drug-likeness (QED) is 0.342. The Morgan fingerprint density at radius 2 is 1.72 bits per heavy atom. The molecule has 43 heavy (non-hydrogen) atoms. The summed E-state index contributed by atoms with van der Waals surface area (Å²) in [5.41, 5.74) is 7.37. The summed E-state index contributed by atoms with van der Waals surface area (Å²) < 4.78 is 11.5. The van der Waals surface area contributed by atoms with Gasteiger partial charge in [-0.05, 0) is 82.1 Å². The van der Waals surface area contributed by atoms with Crippen LogP contribution in [0.4, 0.5) is 11.5 Å². The second-order valence-corrected chi connectivity index (χ2v) is 13.6. The van der Waals surface area contributed by atoms with Gasteiger partial charge in [0.15, 0.2) is 6.10 Å². The molecule has 0 saturated carbocycles. The van der Waals surface area contributed by atoms with Crippen LogP contribution in [0.1, 0.15) is 81.6 Å². The van der Waals surface area contributed by atoms with Gasteiger partial charge in [-0.3, -0.25) is 4.98 Å². The maximum atomic E-state index is 12.8. The van der Waals surface area contributed by atoms with E-state index in [-0.39, 0.29) is 5.41 Å². The molecule has 0 aliphatic carbocycles. The first kappa shape index (κ1) is 30.7. The number of fused-ring (bicyclic) bond motifs is 1. The van der Waals surface area contributed by atoms with Crippen molar-refractivity contribution in [3.05, 3.63) is 58.5 Å².